The monoisotopic (exact) mass is 349 g/mol. The van der Waals surface area contributed by atoms with Crippen LogP contribution < -0.4 is 14.2 Å². The van der Waals surface area contributed by atoms with Crippen molar-refractivity contribution in [2.75, 3.05) is 13.2 Å². The summed E-state index contributed by atoms with van der Waals surface area (Å²) in [6.45, 7) is 2.80. The highest BCUT2D eigenvalue weighted by Crippen LogP contribution is 2.48. The van der Waals surface area contributed by atoms with E-state index in [0.29, 0.717) is 30.5 Å². The second-order valence-corrected chi connectivity index (χ2v) is 7.91. The molecule has 7 nitrogen and oxygen atoms in total. The Morgan fingerprint density at radius 2 is 1.92 bits per heavy atom. The zero-order valence-corrected chi connectivity index (χ0v) is 14.4. The first kappa shape index (κ1) is 15.5. The molecule has 128 valence electrons. The summed E-state index contributed by atoms with van der Waals surface area (Å²) in [7, 11) is -1.91. The summed E-state index contributed by atoms with van der Waals surface area (Å²) in [4.78, 5) is 4.13. The van der Waals surface area contributed by atoms with Crippen LogP contribution in [0.1, 0.15) is 24.2 Å². The molecule has 0 radical (unpaired) electrons. The van der Waals surface area contributed by atoms with Crippen LogP contribution in [0.15, 0.2) is 29.4 Å². The number of benzene rings is 1. The summed E-state index contributed by atoms with van der Waals surface area (Å²) in [5.74, 6) is 2.02. The van der Waals surface area contributed by atoms with Gasteiger partial charge in [0, 0.05) is 13.2 Å². The van der Waals surface area contributed by atoms with Crippen molar-refractivity contribution in [2.24, 2.45) is 7.05 Å². The quantitative estimate of drug-likeness (QED) is 0.904. The fourth-order valence-corrected chi connectivity index (χ4v) is 4.37. The van der Waals surface area contributed by atoms with Crippen LogP contribution in [-0.4, -0.2) is 31.2 Å². The van der Waals surface area contributed by atoms with Crippen molar-refractivity contribution in [1.82, 2.24) is 14.3 Å². The highest BCUT2D eigenvalue weighted by atomic mass is 32.2. The van der Waals surface area contributed by atoms with Crippen molar-refractivity contribution in [2.45, 2.75) is 30.3 Å². The number of hydrogen-bond donors (Lipinski definition) is 1. The smallest absolute Gasteiger partial charge is 0.260 e. The van der Waals surface area contributed by atoms with E-state index in [0.717, 1.165) is 18.4 Å². The predicted molar refractivity (Wildman–Crippen MR) is 86.6 cm³/mol. The van der Waals surface area contributed by atoms with Gasteiger partial charge in [-0.15, -0.1) is 0 Å². The number of hydrogen-bond acceptors (Lipinski definition) is 5. The van der Waals surface area contributed by atoms with Gasteiger partial charge in [-0.05, 0) is 37.5 Å². The molecule has 1 aromatic heterocycles. The van der Waals surface area contributed by atoms with Crippen molar-refractivity contribution in [3.05, 3.63) is 35.8 Å². The fraction of sp³-hybridized carbons (Fsp3) is 0.438. The lowest BCUT2D eigenvalue weighted by molar-refractivity contribution is 0.171. The number of nitrogens with one attached hydrogen (secondary N) is 1. The zero-order chi connectivity index (χ0) is 16.9. The van der Waals surface area contributed by atoms with Crippen molar-refractivity contribution in [1.29, 1.82) is 0 Å². The average Bonchev–Trinajstić information content (AvgIpc) is 3.25. The molecule has 0 saturated heterocycles. The molecule has 1 N–H and O–H groups in total. The fourth-order valence-electron chi connectivity index (χ4n) is 2.88. The average molecular weight is 349 g/mol. The SMILES string of the molecule is Cc1nc(S(=O)(=O)NC2(c3ccc4c(c3)OCCO4)CC2)cn1C. The normalized spacial score (nSPS) is 18.4. The second-order valence-electron chi connectivity index (χ2n) is 6.28. The summed E-state index contributed by atoms with van der Waals surface area (Å²) in [5, 5.41) is 0.0475. The molecule has 2 aliphatic rings. The number of aromatic nitrogens is 2. The van der Waals surface area contributed by atoms with E-state index >= 15 is 0 Å². The van der Waals surface area contributed by atoms with Crippen molar-refractivity contribution in [3.63, 3.8) is 0 Å². The molecular weight excluding hydrogens is 330 g/mol. The van der Waals surface area contributed by atoms with Gasteiger partial charge >= 0.3 is 0 Å². The molecule has 8 heteroatoms. The zero-order valence-electron chi connectivity index (χ0n) is 13.6. The van der Waals surface area contributed by atoms with Crippen LogP contribution in [0.2, 0.25) is 0 Å². The van der Waals surface area contributed by atoms with Gasteiger partial charge < -0.3 is 14.0 Å². The van der Waals surface area contributed by atoms with Gasteiger partial charge in [0.1, 0.15) is 19.0 Å². The lowest BCUT2D eigenvalue weighted by Gasteiger charge is -2.22. The van der Waals surface area contributed by atoms with Crippen molar-refractivity contribution in [3.8, 4) is 11.5 Å². The summed E-state index contributed by atoms with van der Waals surface area (Å²) in [5.41, 5.74) is 0.308. The molecule has 0 atom stereocenters. The Morgan fingerprint density at radius 3 is 2.54 bits per heavy atom. The van der Waals surface area contributed by atoms with Crippen LogP contribution in [0.25, 0.3) is 0 Å². The van der Waals surface area contributed by atoms with Gasteiger partial charge in [-0.3, -0.25) is 0 Å². The van der Waals surface area contributed by atoms with Crippen molar-refractivity contribution >= 4 is 10.0 Å². The highest BCUT2D eigenvalue weighted by Gasteiger charge is 2.48. The summed E-state index contributed by atoms with van der Waals surface area (Å²) < 4.78 is 41.0. The number of rotatable bonds is 4. The lowest BCUT2D eigenvalue weighted by atomic mass is 10.1. The Hall–Kier alpha value is -2.06. The van der Waals surface area contributed by atoms with Crippen LogP contribution in [0, 0.1) is 6.92 Å². The minimum absolute atomic E-state index is 0.0475. The van der Waals surface area contributed by atoms with Crippen LogP contribution in [-0.2, 0) is 22.6 Å². The maximum Gasteiger partial charge on any atom is 0.260 e. The van der Waals surface area contributed by atoms with E-state index in [1.807, 2.05) is 18.2 Å². The number of aryl methyl sites for hydroxylation is 2. The molecule has 1 aromatic carbocycles. The first-order chi connectivity index (χ1) is 11.4. The molecule has 0 spiro atoms. The number of imidazole rings is 1. The first-order valence-corrected chi connectivity index (χ1v) is 9.32. The van der Waals surface area contributed by atoms with E-state index in [9.17, 15) is 8.42 Å². The van der Waals surface area contributed by atoms with Crippen LogP contribution in [0.3, 0.4) is 0 Å². The van der Waals surface area contributed by atoms with Crippen LogP contribution >= 0.6 is 0 Å². The second kappa shape index (κ2) is 5.22. The Balaban J connectivity index is 1.64. The van der Waals surface area contributed by atoms with E-state index in [4.69, 9.17) is 9.47 Å². The minimum Gasteiger partial charge on any atom is -0.486 e. The Morgan fingerprint density at radius 1 is 1.21 bits per heavy atom. The van der Waals surface area contributed by atoms with E-state index in [1.165, 1.54) is 6.20 Å². The highest BCUT2D eigenvalue weighted by molar-refractivity contribution is 7.89. The summed E-state index contributed by atoms with van der Waals surface area (Å²) in [6.07, 6.45) is 3.02. The molecule has 1 fully saturated rings. The number of fused-ring (bicyclic) bond motifs is 1. The number of sulfonamides is 1. The maximum atomic E-state index is 12.7. The van der Waals surface area contributed by atoms with Gasteiger partial charge in [-0.2, -0.15) is 4.72 Å². The Labute approximate surface area is 140 Å². The summed E-state index contributed by atoms with van der Waals surface area (Å²) >= 11 is 0. The molecular formula is C16H19N3O4S. The standard InChI is InChI=1S/C16H19N3O4S/c1-11-17-15(10-19(11)2)24(20,21)18-16(5-6-16)12-3-4-13-14(9-12)23-8-7-22-13/h3-4,9-10,18H,5-8H2,1-2H3. The molecule has 24 heavy (non-hydrogen) atoms. The number of ether oxygens (including phenoxy) is 2. The van der Waals surface area contributed by atoms with Gasteiger partial charge in [0.25, 0.3) is 10.0 Å². The molecule has 1 aliphatic heterocycles. The molecule has 0 bridgehead atoms. The maximum absolute atomic E-state index is 12.7. The lowest BCUT2D eigenvalue weighted by Crippen LogP contribution is -2.35. The van der Waals surface area contributed by atoms with E-state index < -0.39 is 15.6 Å². The third kappa shape index (κ3) is 2.55. The van der Waals surface area contributed by atoms with Gasteiger partial charge in [-0.1, -0.05) is 6.07 Å². The molecule has 1 saturated carbocycles. The molecule has 0 unspecified atom stereocenters. The minimum atomic E-state index is -3.68. The van der Waals surface area contributed by atoms with Gasteiger partial charge in [0.05, 0.1) is 5.54 Å². The topological polar surface area (TPSA) is 82.5 Å². The largest absolute Gasteiger partial charge is 0.486 e. The van der Waals surface area contributed by atoms with E-state index in [-0.39, 0.29) is 5.03 Å². The molecule has 1 aliphatic carbocycles. The number of nitrogens with zero attached hydrogens (tertiary/aromatic N) is 2. The third-order valence-corrected chi connectivity index (χ3v) is 5.94. The molecule has 4 rings (SSSR count). The van der Waals surface area contributed by atoms with Gasteiger partial charge in [0.2, 0.25) is 0 Å². The Bertz CT molecular complexity index is 881. The van der Waals surface area contributed by atoms with Gasteiger partial charge in [-0.25, -0.2) is 13.4 Å². The molecule has 0 amide bonds. The van der Waals surface area contributed by atoms with E-state index in [2.05, 4.69) is 9.71 Å². The Kier molecular flexibility index (Phi) is 3.36. The van der Waals surface area contributed by atoms with Gasteiger partial charge in [0.15, 0.2) is 16.5 Å². The summed E-state index contributed by atoms with van der Waals surface area (Å²) in [6, 6.07) is 5.60. The van der Waals surface area contributed by atoms with Crippen LogP contribution in [0.4, 0.5) is 0 Å². The predicted octanol–water partition coefficient (Wildman–Crippen LogP) is 1.47. The van der Waals surface area contributed by atoms with Crippen LogP contribution in [0.5, 0.6) is 11.5 Å². The van der Waals surface area contributed by atoms with E-state index in [1.54, 1.807) is 18.5 Å². The molecule has 2 heterocycles. The molecule has 2 aromatic rings. The first-order valence-electron chi connectivity index (χ1n) is 7.84. The van der Waals surface area contributed by atoms with Crippen molar-refractivity contribution < 1.29 is 17.9 Å². The third-order valence-electron chi connectivity index (χ3n) is 4.54.